The Morgan fingerprint density at radius 1 is 1.30 bits per heavy atom. The highest BCUT2D eigenvalue weighted by Crippen LogP contribution is 2.18. The smallest absolute Gasteiger partial charge is 0.269 e. The standard InChI is InChI=1S/C14H20N2O4/c17-11-12-5-7-15(8-6-12)9-10-20-14-3-1-13(2-4-14)16(18)19/h1-4,12,17H,5-11H2. The van der Waals surface area contributed by atoms with Crippen LogP contribution in [0.5, 0.6) is 5.75 Å². The number of nitro benzene ring substituents is 1. The van der Waals surface area contributed by atoms with Crippen LogP contribution in [0.15, 0.2) is 24.3 Å². The van der Waals surface area contributed by atoms with Crippen LogP contribution in [0, 0.1) is 16.0 Å². The minimum Gasteiger partial charge on any atom is -0.492 e. The zero-order chi connectivity index (χ0) is 14.4. The van der Waals surface area contributed by atoms with E-state index in [9.17, 15) is 10.1 Å². The van der Waals surface area contributed by atoms with E-state index in [1.54, 1.807) is 12.1 Å². The van der Waals surface area contributed by atoms with Crippen molar-refractivity contribution in [2.45, 2.75) is 12.8 Å². The number of aliphatic hydroxyl groups excluding tert-OH is 1. The Kier molecular flexibility index (Phi) is 5.31. The Labute approximate surface area is 118 Å². The summed E-state index contributed by atoms with van der Waals surface area (Å²) >= 11 is 0. The van der Waals surface area contributed by atoms with E-state index in [0.29, 0.717) is 18.3 Å². The first-order chi connectivity index (χ1) is 9.69. The number of hydrogen-bond acceptors (Lipinski definition) is 5. The highest BCUT2D eigenvalue weighted by molar-refractivity contribution is 5.35. The summed E-state index contributed by atoms with van der Waals surface area (Å²) in [5.41, 5.74) is 0.0726. The lowest BCUT2D eigenvalue weighted by Crippen LogP contribution is -2.37. The van der Waals surface area contributed by atoms with Crippen molar-refractivity contribution in [3.63, 3.8) is 0 Å². The lowest BCUT2D eigenvalue weighted by Gasteiger charge is -2.30. The number of non-ortho nitro benzene ring substituents is 1. The molecule has 1 aromatic rings. The molecule has 6 nitrogen and oxygen atoms in total. The molecule has 0 atom stereocenters. The number of nitro groups is 1. The number of nitrogens with zero attached hydrogens (tertiary/aromatic N) is 2. The molecule has 0 aliphatic carbocycles. The normalized spacial score (nSPS) is 17.1. The van der Waals surface area contributed by atoms with E-state index in [1.807, 2.05) is 0 Å². The largest absolute Gasteiger partial charge is 0.492 e. The molecule has 1 saturated heterocycles. The molecule has 0 bridgehead atoms. The van der Waals surface area contributed by atoms with Gasteiger partial charge in [-0.3, -0.25) is 15.0 Å². The van der Waals surface area contributed by atoms with E-state index in [1.165, 1.54) is 12.1 Å². The first kappa shape index (κ1) is 14.7. The van der Waals surface area contributed by atoms with Crippen molar-refractivity contribution < 1.29 is 14.8 Å². The average molecular weight is 280 g/mol. The number of rotatable bonds is 6. The molecule has 0 radical (unpaired) electrons. The molecule has 6 heteroatoms. The van der Waals surface area contributed by atoms with Crippen LogP contribution in [0.4, 0.5) is 5.69 Å². The van der Waals surface area contributed by atoms with Gasteiger partial charge in [-0.15, -0.1) is 0 Å². The SMILES string of the molecule is O=[N+]([O-])c1ccc(OCCN2CCC(CO)CC2)cc1. The van der Waals surface area contributed by atoms with E-state index in [-0.39, 0.29) is 12.3 Å². The molecule has 110 valence electrons. The van der Waals surface area contributed by atoms with Gasteiger partial charge >= 0.3 is 0 Å². The Morgan fingerprint density at radius 3 is 2.50 bits per heavy atom. The highest BCUT2D eigenvalue weighted by Gasteiger charge is 2.17. The van der Waals surface area contributed by atoms with Crippen LogP contribution in [0.3, 0.4) is 0 Å². The molecule has 1 aliphatic rings. The first-order valence-corrected chi connectivity index (χ1v) is 6.89. The Bertz CT molecular complexity index is 427. The van der Waals surface area contributed by atoms with Crippen LogP contribution in [0.2, 0.25) is 0 Å². The van der Waals surface area contributed by atoms with E-state index < -0.39 is 4.92 Å². The molecule has 0 aromatic heterocycles. The Morgan fingerprint density at radius 2 is 1.95 bits per heavy atom. The fourth-order valence-corrected chi connectivity index (χ4v) is 2.35. The maximum Gasteiger partial charge on any atom is 0.269 e. The van der Waals surface area contributed by atoms with E-state index in [4.69, 9.17) is 9.84 Å². The molecule has 0 unspecified atom stereocenters. The molecule has 1 aliphatic heterocycles. The van der Waals surface area contributed by atoms with E-state index in [0.717, 1.165) is 32.5 Å². The second-order valence-electron chi connectivity index (χ2n) is 5.07. The second kappa shape index (κ2) is 7.21. The van der Waals surface area contributed by atoms with Crippen LogP contribution >= 0.6 is 0 Å². The summed E-state index contributed by atoms with van der Waals surface area (Å²) in [5, 5.41) is 19.6. The van der Waals surface area contributed by atoms with Crippen molar-refractivity contribution in [3.8, 4) is 5.75 Å². The summed E-state index contributed by atoms with van der Waals surface area (Å²) in [4.78, 5) is 12.4. The molecule has 0 spiro atoms. The molecule has 1 fully saturated rings. The Balaban J connectivity index is 1.69. The molecule has 0 saturated carbocycles. The number of aliphatic hydroxyl groups is 1. The van der Waals surface area contributed by atoms with Gasteiger partial charge in [-0.05, 0) is 44.0 Å². The van der Waals surface area contributed by atoms with Crippen molar-refractivity contribution in [2.75, 3.05) is 32.8 Å². The molecule has 1 heterocycles. The van der Waals surface area contributed by atoms with Crippen LogP contribution in [0.1, 0.15) is 12.8 Å². The topological polar surface area (TPSA) is 75.8 Å². The molecule has 1 aromatic carbocycles. The van der Waals surface area contributed by atoms with Crippen molar-refractivity contribution >= 4 is 5.69 Å². The van der Waals surface area contributed by atoms with Crippen LogP contribution in [-0.4, -0.2) is 47.8 Å². The van der Waals surface area contributed by atoms with Gasteiger partial charge in [-0.25, -0.2) is 0 Å². The third kappa shape index (κ3) is 4.18. The zero-order valence-corrected chi connectivity index (χ0v) is 11.4. The highest BCUT2D eigenvalue weighted by atomic mass is 16.6. The van der Waals surface area contributed by atoms with Crippen LogP contribution in [0.25, 0.3) is 0 Å². The average Bonchev–Trinajstić information content (AvgIpc) is 2.48. The van der Waals surface area contributed by atoms with Crippen molar-refractivity contribution in [3.05, 3.63) is 34.4 Å². The monoisotopic (exact) mass is 280 g/mol. The Hall–Kier alpha value is -1.66. The van der Waals surface area contributed by atoms with Crippen molar-refractivity contribution in [1.82, 2.24) is 4.90 Å². The van der Waals surface area contributed by atoms with Gasteiger partial charge in [-0.2, -0.15) is 0 Å². The third-order valence-corrected chi connectivity index (χ3v) is 3.69. The molecular weight excluding hydrogens is 260 g/mol. The predicted octanol–water partition coefficient (Wildman–Crippen LogP) is 1.68. The minimum atomic E-state index is -0.422. The van der Waals surface area contributed by atoms with Crippen LogP contribution in [-0.2, 0) is 0 Å². The molecule has 2 rings (SSSR count). The molecule has 0 amide bonds. The van der Waals surface area contributed by atoms with Crippen molar-refractivity contribution in [1.29, 1.82) is 0 Å². The first-order valence-electron chi connectivity index (χ1n) is 6.89. The summed E-state index contributed by atoms with van der Waals surface area (Å²) in [6, 6.07) is 6.14. The zero-order valence-electron chi connectivity index (χ0n) is 11.4. The lowest BCUT2D eigenvalue weighted by molar-refractivity contribution is -0.384. The number of piperidine rings is 1. The number of benzene rings is 1. The van der Waals surface area contributed by atoms with Gasteiger partial charge in [0.05, 0.1) is 4.92 Å². The summed E-state index contributed by atoms with van der Waals surface area (Å²) < 4.78 is 5.58. The quantitative estimate of drug-likeness (QED) is 0.633. The maximum atomic E-state index is 10.5. The summed E-state index contributed by atoms with van der Waals surface area (Å²) in [7, 11) is 0. The third-order valence-electron chi connectivity index (χ3n) is 3.69. The fraction of sp³-hybridized carbons (Fsp3) is 0.571. The van der Waals surface area contributed by atoms with Gasteiger partial charge in [0.1, 0.15) is 12.4 Å². The maximum absolute atomic E-state index is 10.5. The summed E-state index contributed by atoms with van der Waals surface area (Å²) in [6.07, 6.45) is 2.07. The van der Waals surface area contributed by atoms with Gasteiger partial charge in [0, 0.05) is 25.3 Å². The van der Waals surface area contributed by atoms with Gasteiger partial charge in [0.25, 0.3) is 5.69 Å². The number of hydrogen-bond donors (Lipinski definition) is 1. The summed E-state index contributed by atoms with van der Waals surface area (Å²) in [5.74, 6) is 1.10. The lowest BCUT2D eigenvalue weighted by atomic mass is 9.98. The molecular formula is C14H20N2O4. The van der Waals surface area contributed by atoms with Gasteiger partial charge in [0.15, 0.2) is 0 Å². The van der Waals surface area contributed by atoms with Gasteiger partial charge in [0.2, 0.25) is 0 Å². The summed E-state index contributed by atoms with van der Waals surface area (Å²) in [6.45, 7) is 3.69. The number of ether oxygens (including phenoxy) is 1. The van der Waals surface area contributed by atoms with E-state index in [2.05, 4.69) is 4.90 Å². The van der Waals surface area contributed by atoms with E-state index >= 15 is 0 Å². The second-order valence-corrected chi connectivity index (χ2v) is 5.07. The van der Waals surface area contributed by atoms with Crippen LogP contribution < -0.4 is 4.74 Å². The molecule has 20 heavy (non-hydrogen) atoms. The number of likely N-dealkylation sites (tertiary alicyclic amines) is 1. The van der Waals surface area contributed by atoms with Crippen molar-refractivity contribution in [2.24, 2.45) is 5.92 Å². The predicted molar refractivity (Wildman–Crippen MR) is 74.8 cm³/mol. The minimum absolute atomic E-state index is 0.0726. The van der Waals surface area contributed by atoms with Gasteiger partial charge < -0.3 is 9.84 Å². The van der Waals surface area contributed by atoms with Gasteiger partial charge in [-0.1, -0.05) is 0 Å². The molecule has 1 N–H and O–H groups in total. The fourth-order valence-electron chi connectivity index (χ4n) is 2.35.